The number of thiocarbonyl (C=S) groups is 1. The fourth-order valence-corrected chi connectivity index (χ4v) is 4.21. The van der Waals surface area contributed by atoms with Crippen molar-refractivity contribution >= 4 is 40.4 Å². The summed E-state index contributed by atoms with van der Waals surface area (Å²) < 4.78 is 0. The van der Waals surface area contributed by atoms with Crippen LogP contribution in [0.25, 0.3) is 0 Å². The van der Waals surface area contributed by atoms with Gasteiger partial charge in [0.25, 0.3) is 0 Å². The normalized spacial score (nSPS) is 19.9. The number of hydrogen-bond acceptors (Lipinski definition) is 2. The zero-order valence-electron chi connectivity index (χ0n) is 15.1. The number of aryl methyl sites for hydroxylation is 1. The Kier molecular flexibility index (Phi) is 5.64. The Morgan fingerprint density at radius 1 is 1.15 bits per heavy atom. The number of carbonyl (C=O) groups is 1. The second kappa shape index (κ2) is 7.77. The number of nitrogens with one attached hydrogen (secondary N) is 1. The SMILES string of the molecule is Cc1ccc(NC(=S)N(C)[C@@]2(c3ccccc3Cl)CCCCC2=O)cc1. The number of nitrogens with zero attached hydrogens (tertiary/aromatic N) is 1. The highest BCUT2D eigenvalue weighted by Gasteiger charge is 2.47. The van der Waals surface area contributed by atoms with Crippen molar-refractivity contribution in [1.82, 2.24) is 4.90 Å². The van der Waals surface area contributed by atoms with Crippen LogP contribution in [-0.4, -0.2) is 22.8 Å². The topological polar surface area (TPSA) is 32.3 Å². The van der Waals surface area contributed by atoms with Gasteiger partial charge in [-0.2, -0.15) is 0 Å². The van der Waals surface area contributed by atoms with Crippen LogP contribution < -0.4 is 5.32 Å². The Morgan fingerprint density at radius 3 is 2.50 bits per heavy atom. The summed E-state index contributed by atoms with van der Waals surface area (Å²) in [6.45, 7) is 2.04. The van der Waals surface area contributed by atoms with Gasteiger partial charge in [0, 0.05) is 29.7 Å². The van der Waals surface area contributed by atoms with Gasteiger partial charge < -0.3 is 10.2 Å². The van der Waals surface area contributed by atoms with Gasteiger partial charge in [-0.3, -0.25) is 4.79 Å². The molecule has 0 radical (unpaired) electrons. The van der Waals surface area contributed by atoms with Crippen LogP contribution in [0.3, 0.4) is 0 Å². The highest BCUT2D eigenvalue weighted by molar-refractivity contribution is 7.80. The van der Waals surface area contributed by atoms with Gasteiger partial charge in [0.2, 0.25) is 0 Å². The molecule has 0 unspecified atom stereocenters. The summed E-state index contributed by atoms with van der Waals surface area (Å²) in [5.41, 5.74) is 2.11. The molecule has 3 nitrogen and oxygen atoms in total. The molecule has 0 aromatic heterocycles. The maximum Gasteiger partial charge on any atom is 0.174 e. The van der Waals surface area contributed by atoms with Crippen LogP contribution in [0.15, 0.2) is 48.5 Å². The molecule has 1 aliphatic carbocycles. The summed E-state index contributed by atoms with van der Waals surface area (Å²) in [5, 5.41) is 4.38. The van der Waals surface area contributed by atoms with Gasteiger partial charge in [0.1, 0.15) is 5.54 Å². The molecule has 0 heterocycles. The molecule has 0 spiro atoms. The molecule has 1 atom stereocenters. The highest BCUT2D eigenvalue weighted by atomic mass is 35.5. The van der Waals surface area contributed by atoms with E-state index < -0.39 is 5.54 Å². The monoisotopic (exact) mass is 386 g/mol. The predicted octanol–water partition coefficient (Wildman–Crippen LogP) is 5.32. The third-order valence-corrected chi connectivity index (χ3v) is 5.86. The van der Waals surface area contributed by atoms with Gasteiger partial charge >= 0.3 is 0 Å². The number of Topliss-reactive ketones (excluding diaryl/α,β-unsaturated/α-hetero) is 1. The second-order valence-electron chi connectivity index (χ2n) is 6.83. The minimum Gasteiger partial charge on any atom is -0.335 e. The number of rotatable bonds is 3. The molecule has 5 heteroatoms. The van der Waals surface area contributed by atoms with E-state index in [9.17, 15) is 4.79 Å². The van der Waals surface area contributed by atoms with Gasteiger partial charge in [-0.25, -0.2) is 0 Å². The van der Waals surface area contributed by atoms with Gasteiger partial charge in [0.15, 0.2) is 10.9 Å². The maximum absolute atomic E-state index is 13.1. The number of ketones is 1. The van der Waals surface area contributed by atoms with Crippen molar-refractivity contribution < 1.29 is 4.79 Å². The average Bonchev–Trinajstić information content (AvgIpc) is 2.64. The van der Waals surface area contributed by atoms with Crippen molar-refractivity contribution in [3.05, 3.63) is 64.7 Å². The first-order chi connectivity index (χ1) is 12.4. The lowest BCUT2D eigenvalue weighted by atomic mass is 9.74. The zero-order valence-corrected chi connectivity index (χ0v) is 16.7. The zero-order chi connectivity index (χ0) is 18.7. The number of hydrogen-bond donors (Lipinski definition) is 1. The van der Waals surface area contributed by atoms with Gasteiger partial charge in [-0.1, -0.05) is 47.5 Å². The van der Waals surface area contributed by atoms with Crippen molar-refractivity contribution in [2.75, 3.05) is 12.4 Å². The molecule has 1 fully saturated rings. The molecule has 3 rings (SSSR count). The van der Waals surface area contributed by atoms with E-state index in [1.54, 1.807) is 0 Å². The third kappa shape index (κ3) is 3.49. The van der Waals surface area contributed by atoms with Crippen LogP contribution in [-0.2, 0) is 10.3 Å². The van der Waals surface area contributed by atoms with E-state index in [-0.39, 0.29) is 5.78 Å². The molecule has 0 amide bonds. The molecule has 1 N–H and O–H groups in total. The first kappa shape index (κ1) is 18.9. The van der Waals surface area contributed by atoms with Crippen LogP contribution >= 0.6 is 23.8 Å². The third-order valence-electron chi connectivity index (χ3n) is 5.15. The van der Waals surface area contributed by atoms with E-state index in [0.29, 0.717) is 23.0 Å². The highest BCUT2D eigenvalue weighted by Crippen LogP contribution is 2.42. The quantitative estimate of drug-likeness (QED) is 0.724. The standard InChI is InChI=1S/C21H23ClN2OS/c1-15-10-12-16(13-11-15)23-20(26)24(2)21(14-6-5-9-19(21)25)17-7-3-4-8-18(17)22/h3-4,7-8,10-13H,5-6,9,14H2,1-2H3,(H,23,26)/t21-/m1/s1. The van der Waals surface area contributed by atoms with E-state index in [1.165, 1.54) is 5.56 Å². The molecule has 1 aliphatic rings. The van der Waals surface area contributed by atoms with Gasteiger partial charge in [-0.05, 0) is 56.6 Å². The summed E-state index contributed by atoms with van der Waals surface area (Å²) in [4.78, 5) is 15.0. The van der Waals surface area contributed by atoms with Gasteiger partial charge in [0.05, 0.1) is 0 Å². The minimum atomic E-state index is -0.814. The number of likely N-dealkylation sites (N-methyl/N-ethyl adjacent to an activating group) is 1. The van der Waals surface area contributed by atoms with Crippen LogP contribution in [0.5, 0.6) is 0 Å². The maximum atomic E-state index is 13.1. The molecule has 0 bridgehead atoms. The number of halogens is 1. The average molecular weight is 387 g/mol. The van der Waals surface area contributed by atoms with Crippen LogP contribution in [0.1, 0.15) is 36.8 Å². The summed E-state index contributed by atoms with van der Waals surface area (Å²) >= 11 is 12.2. The Labute approximate surface area is 165 Å². The fourth-order valence-electron chi connectivity index (χ4n) is 3.65. The van der Waals surface area contributed by atoms with Crippen molar-refractivity contribution in [3.8, 4) is 0 Å². The van der Waals surface area contributed by atoms with E-state index in [4.69, 9.17) is 23.8 Å². The summed E-state index contributed by atoms with van der Waals surface area (Å²) in [7, 11) is 1.88. The molecule has 26 heavy (non-hydrogen) atoms. The van der Waals surface area contributed by atoms with Crippen molar-refractivity contribution in [2.45, 2.75) is 38.1 Å². The lowest BCUT2D eigenvalue weighted by molar-refractivity contribution is -0.131. The van der Waals surface area contributed by atoms with Crippen LogP contribution in [0.4, 0.5) is 5.69 Å². The smallest absolute Gasteiger partial charge is 0.174 e. The Morgan fingerprint density at radius 2 is 1.85 bits per heavy atom. The van der Waals surface area contributed by atoms with Crippen molar-refractivity contribution in [3.63, 3.8) is 0 Å². The van der Waals surface area contributed by atoms with Crippen LogP contribution in [0.2, 0.25) is 5.02 Å². The molecule has 2 aromatic rings. The number of anilines is 1. The largest absolute Gasteiger partial charge is 0.335 e. The lowest BCUT2D eigenvalue weighted by Gasteiger charge is -2.45. The van der Waals surface area contributed by atoms with E-state index in [2.05, 4.69) is 5.32 Å². The summed E-state index contributed by atoms with van der Waals surface area (Å²) in [6, 6.07) is 15.6. The van der Waals surface area contributed by atoms with Crippen molar-refractivity contribution in [2.24, 2.45) is 0 Å². The molecular formula is C21H23ClN2OS. The number of carbonyl (C=O) groups excluding carboxylic acids is 1. The molecule has 1 saturated carbocycles. The molecule has 2 aromatic carbocycles. The first-order valence-corrected chi connectivity index (χ1v) is 9.63. The van der Waals surface area contributed by atoms with E-state index >= 15 is 0 Å². The molecular weight excluding hydrogens is 364 g/mol. The van der Waals surface area contributed by atoms with Gasteiger partial charge in [-0.15, -0.1) is 0 Å². The molecule has 0 aliphatic heterocycles. The number of benzene rings is 2. The fraction of sp³-hybridized carbons (Fsp3) is 0.333. The Bertz CT molecular complexity index is 821. The summed E-state index contributed by atoms with van der Waals surface area (Å²) in [5.74, 6) is 0.174. The summed E-state index contributed by atoms with van der Waals surface area (Å²) in [6.07, 6.45) is 3.13. The van der Waals surface area contributed by atoms with Crippen LogP contribution in [0, 0.1) is 6.92 Å². The minimum absolute atomic E-state index is 0.174. The molecule has 0 saturated heterocycles. The second-order valence-corrected chi connectivity index (χ2v) is 7.62. The van der Waals surface area contributed by atoms with Crippen molar-refractivity contribution in [1.29, 1.82) is 0 Å². The van der Waals surface area contributed by atoms with E-state index in [1.807, 2.05) is 67.4 Å². The lowest BCUT2D eigenvalue weighted by Crippen LogP contribution is -2.55. The predicted molar refractivity (Wildman–Crippen MR) is 112 cm³/mol. The Hall–Kier alpha value is -1.91. The van der Waals surface area contributed by atoms with E-state index in [0.717, 1.165) is 24.1 Å². The Balaban J connectivity index is 1.96. The molecule has 136 valence electrons. The first-order valence-electron chi connectivity index (χ1n) is 8.85.